The van der Waals surface area contributed by atoms with Gasteiger partial charge in [0, 0.05) is 12.3 Å². The SMILES string of the molecule is NC(=O)OCCn1ccc(=O)nc1SCC(=O)O. The zero-order chi connectivity index (χ0) is 13.5. The van der Waals surface area contributed by atoms with E-state index in [2.05, 4.69) is 9.72 Å². The smallest absolute Gasteiger partial charge is 0.404 e. The molecule has 1 heterocycles. The summed E-state index contributed by atoms with van der Waals surface area (Å²) >= 11 is 0.909. The van der Waals surface area contributed by atoms with E-state index < -0.39 is 17.6 Å². The van der Waals surface area contributed by atoms with Gasteiger partial charge in [-0.05, 0) is 0 Å². The van der Waals surface area contributed by atoms with Crippen molar-refractivity contribution in [3.8, 4) is 0 Å². The molecule has 8 nitrogen and oxygen atoms in total. The number of amides is 1. The maximum Gasteiger partial charge on any atom is 0.404 e. The first-order valence-electron chi connectivity index (χ1n) is 4.83. The average Bonchev–Trinajstić information content (AvgIpc) is 2.28. The molecule has 18 heavy (non-hydrogen) atoms. The van der Waals surface area contributed by atoms with Crippen LogP contribution in [-0.2, 0) is 16.1 Å². The average molecular weight is 273 g/mol. The molecule has 0 aliphatic carbocycles. The maximum absolute atomic E-state index is 11.1. The highest BCUT2D eigenvalue weighted by molar-refractivity contribution is 7.99. The van der Waals surface area contributed by atoms with Gasteiger partial charge in [-0.15, -0.1) is 0 Å². The molecule has 1 aromatic heterocycles. The van der Waals surface area contributed by atoms with Gasteiger partial charge in [0.25, 0.3) is 5.56 Å². The third kappa shape index (κ3) is 4.87. The van der Waals surface area contributed by atoms with Crippen molar-refractivity contribution in [1.82, 2.24) is 9.55 Å². The van der Waals surface area contributed by atoms with E-state index in [0.717, 1.165) is 11.8 Å². The van der Waals surface area contributed by atoms with Crippen LogP contribution in [0.5, 0.6) is 0 Å². The quantitative estimate of drug-likeness (QED) is 0.529. The van der Waals surface area contributed by atoms with Gasteiger partial charge >= 0.3 is 12.1 Å². The van der Waals surface area contributed by atoms with Crippen LogP contribution in [0.2, 0.25) is 0 Å². The summed E-state index contributed by atoms with van der Waals surface area (Å²) in [5, 5.41) is 8.81. The Hall–Kier alpha value is -2.03. The number of hydrogen-bond donors (Lipinski definition) is 2. The summed E-state index contributed by atoms with van der Waals surface area (Å²) < 4.78 is 6.06. The minimum Gasteiger partial charge on any atom is -0.481 e. The van der Waals surface area contributed by atoms with Crippen LogP contribution in [0.1, 0.15) is 0 Å². The minimum absolute atomic E-state index is 0.0144. The molecule has 0 aliphatic heterocycles. The van der Waals surface area contributed by atoms with Crippen LogP contribution in [0.15, 0.2) is 22.2 Å². The molecule has 0 aromatic carbocycles. The molecule has 98 valence electrons. The molecule has 0 unspecified atom stereocenters. The fourth-order valence-electron chi connectivity index (χ4n) is 1.07. The summed E-state index contributed by atoms with van der Waals surface area (Å²) in [5.41, 5.74) is 4.34. The van der Waals surface area contributed by atoms with E-state index in [0.29, 0.717) is 0 Å². The van der Waals surface area contributed by atoms with Gasteiger partial charge in [-0.1, -0.05) is 11.8 Å². The largest absolute Gasteiger partial charge is 0.481 e. The number of thioether (sulfide) groups is 1. The zero-order valence-corrected chi connectivity index (χ0v) is 10.1. The number of carboxylic acid groups (broad SMARTS) is 1. The third-order valence-electron chi connectivity index (χ3n) is 1.75. The van der Waals surface area contributed by atoms with Gasteiger partial charge in [-0.25, -0.2) is 4.79 Å². The Balaban J connectivity index is 2.72. The van der Waals surface area contributed by atoms with Crippen LogP contribution < -0.4 is 11.3 Å². The predicted octanol–water partition coefficient (Wildman–Crippen LogP) is -0.485. The highest BCUT2D eigenvalue weighted by Gasteiger charge is 2.07. The summed E-state index contributed by atoms with van der Waals surface area (Å²) in [6, 6.07) is 1.23. The van der Waals surface area contributed by atoms with Gasteiger partial charge in [-0.3, -0.25) is 9.59 Å². The molecule has 1 amide bonds. The number of ether oxygens (including phenoxy) is 1. The van der Waals surface area contributed by atoms with Crippen LogP contribution >= 0.6 is 11.8 Å². The molecular formula is C9H11N3O5S. The van der Waals surface area contributed by atoms with Gasteiger partial charge in [0.1, 0.15) is 6.61 Å². The first kappa shape index (κ1) is 14.0. The lowest BCUT2D eigenvalue weighted by atomic mass is 10.6. The number of primary amides is 1. The Morgan fingerprint density at radius 2 is 2.28 bits per heavy atom. The number of aromatic nitrogens is 2. The summed E-state index contributed by atoms with van der Waals surface area (Å²) in [6.45, 7) is 0.249. The molecule has 0 saturated heterocycles. The predicted molar refractivity (Wildman–Crippen MR) is 62.4 cm³/mol. The van der Waals surface area contributed by atoms with Gasteiger partial charge in [0.05, 0.1) is 12.3 Å². The Morgan fingerprint density at radius 3 is 2.89 bits per heavy atom. The van der Waals surface area contributed by atoms with E-state index in [1.54, 1.807) is 0 Å². The second-order valence-electron chi connectivity index (χ2n) is 3.09. The molecule has 1 aromatic rings. The van der Waals surface area contributed by atoms with Crippen molar-refractivity contribution in [1.29, 1.82) is 0 Å². The van der Waals surface area contributed by atoms with Crippen LogP contribution in [0, 0.1) is 0 Å². The number of aliphatic carboxylic acids is 1. The number of carbonyl (C=O) groups is 2. The molecule has 0 radical (unpaired) electrons. The first-order chi connectivity index (χ1) is 8.49. The molecule has 0 saturated carbocycles. The second kappa shape index (κ2) is 6.64. The lowest BCUT2D eigenvalue weighted by molar-refractivity contribution is -0.133. The van der Waals surface area contributed by atoms with E-state index in [4.69, 9.17) is 10.8 Å². The van der Waals surface area contributed by atoms with Gasteiger partial charge in [0.15, 0.2) is 5.16 Å². The number of hydrogen-bond acceptors (Lipinski definition) is 6. The standard InChI is InChI=1S/C9H11N3O5S/c10-8(16)17-4-3-12-2-1-6(13)11-9(12)18-5-7(14)15/h1-2H,3-5H2,(H2,10,16)(H,14,15). The summed E-state index contributed by atoms with van der Waals surface area (Å²) in [6.07, 6.45) is 0.549. The van der Waals surface area contributed by atoms with Crippen molar-refractivity contribution < 1.29 is 19.4 Å². The lowest BCUT2D eigenvalue weighted by Gasteiger charge is -2.10. The summed E-state index contributed by atoms with van der Waals surface area (Å²) in [5.74, 6) is -1.23. The topological polar surface area (TPSA) is 125 Å². The second-order valence-corrected chi connectivity index (χ2v) is 4.03. The molecule has 0 bridgehead atoms. The Morgan fingerprint density at radius 1 is 1.56 bits per heavy atom. The fraction of sp³-hybridized carbons (Fsp3) is 0.333. The van der Waals surface area contributed by atoms with E-state index >= 15 is 0 Å². The lowest BCUT2D eigenvalue weighted by Crippen LogP contribution is -2.20. The number of nitrogens with two attached hydrogens (primary N) is 1. The van der Waals surface area contributed by atoms with Crippen molar-refractivity contribution in [3.63, 3.8) is 0 Å². The monoisotopic (exact) mass is 273 g/mol. The van der Waals surface area contributed by atoms with Gasteiger partial charge < -0.3 is 20.1 Å². The van der Waals surface area contributed by atoms with E-state index in [-0.39, 0.29) is 24.1 Å². The Labute approximate surface area is 106 Å². The molecular weight excluding hydrogens is 262 g/mol. The Bertz CT molecular complexity index is 501. The molecule has 0 atom stereocenters. The van der Waals surface area contributed by atoms with Crippen molar-refractivity contribution >= 4 is 23.8 Å². The van der Waals surface area contributed by atoms with Crippen LogP contribution in [0.25, 0.3) is 0 Å². The number of carbonyl (C=O) groups excluding carboxylic acids is 1. The van der Waals surface area contributed by atoms with E-state index in [9.17, 15) is 14.4 Å². The van der Waals surface area contributed by atoms with E-state index in [1.807, 2.05) is 0 Å². The summed E-state index contributed by atoms with van der Waals surface area (Å²) in [4.78, 5) is 35.6. The van der Waals surface area contributed by atoms with Gasteiger partial charge in [0.2, 0.25) is 0 Å². The zero-order valence-electron chi connectivity index (χ0n) is 9.24. The molecule has 1 rings (SSSR count). The highest BCUT2D eigenvalue weighted by Crippen LogP contribution is 2.13. The third-order valence-corrected chi connectivity index (χ3v) is 2.73. The molecule has 0 aliphatic rings. The van der Waals surface area contributed by atoms with Crippen LogP contribution in [0.3, 0.4) is 0 Å². The molecule has 3 N–H and O–H groups in total. The van der Waals surface area contributed by atoms with Crippen molar-refractivity contribution in [2.45, 2.75) is 11.7 Å². The minimum atomic E-state index is -1.02. The van der Waals surface area contributed by atoms with E-state index in [1.165, 1.54) is 16.8 Å². The fourth-order valence-corrected chi connectivity index (χ4v) is 1.79. The number of carboxylic acids is 1. The number of nitrogens with zero attached hydrogens (tertiary/aromatic N) is 2. The Kier molecular flexibility index (Phi) is 5.18. The van der Waals surface area contributed by atoms with Crippen LogP contribution in [0.4, 0.5) is 4.79 Å². The normalized spacial score (nSPS) is 10.0. The number of rotatable bonds is 6. The van der Waals surface area contributed by atoms with Crippen LogP contribution in [-0.4, -0.2) is 39.1 Å². The maximum atomic E-state index is 11.1. The first-order valence-corrected chi connectivity index (χ1v) is 5.82. The van der Waals surface area contributed by atoms with Crippen molar-refractivity contribution in [3.05, 3.63) is 22.6 Å². The summed E-state index contributed by atoms with van der Waals surface area (Å²) in [7, 11) is 0. The van der Waals surface area contributed by atoms with Gasteiger partial charge in [-0.2, -0.15) is 4.98 Å². The van der Waals surface area contributed by atoms with Crippen molar-refractivity contribution in [2.75, 3.05) is 12.4 Å². The van der Waals surface area contributed by atoms with Crippen molar-refractivity contribution in [2.24, 2.45) is 5.73 Å². The molecule has 9 heteroatoms. The molecule has 0 spiro atoms. The molecule has 0 fully saturated rings. The highest BCUT2D eigenvalue weighted by atomic mass is 32.2.